The normalized spacial score (nSPS) is 11.4. The highest BCUT2D eigenvalue weighted by Crippen LogP contribution is 2.28. The second-order valence-electron chi connectivity index (χ2n) is 5.22. The maximum atomic E-state index is 14.3. The predicted molar refractivity (Wildman–Crippen MR) is 86.9 cm³/mol. The number of halogens is 2. The summed E-state index contributed by atoms with van der Waals surface area (Å²) in [6, 6.07) is 14.8. The summed E-state index contributed by atoms with van der Waals surface area (Å²) >= 11 is 0. The van der Waals surface area contributed by atoms with E-state index in [-0.39, 0.29) is 11.3 Å². The molecule has 1 aromatic heterocycles. The molecule has 0 N–H and O–H groups in total. The smallest absolute Gasteiger partial charge is 0.185 e. The molecule has 0 saturated heterocycles. The van der Waals surface area contributed by atoms with Crippen LogP contribution in [0.3, 0.4) is 0 Å². The molecule has 2 aromatic carbocycles. The number of rotatable bonds is 4. The molecule has 1 heterocycles. The molecule has 0 radical (unpaired) electrons. The molecule has 3 nitrogen and oxygen atoms in total. The summed E-state index contributed by atoms with van der Waals surface area (Å²) in [7, 11) is -4.00. The fourth-order valence-corrected chi connectivity index (χ4v) is 3.78. The minimum absolute atomic E-state index is 0.0771. The molecule has 0 fully saturated rings. The lowest BCUT2D eigenvalue weighted by Gasteiger charge is -2.09. The summed E-state index contributed by atoms with van der Waals surface area (Å²) in [4.78, 5) is 3.30. The number of sulfone groups is 1. The lowest BCUT2D eigenvalue weighted by molar-refractivity contribution is 0.554. The SMILES string of the molecule is O=S(=O)(Cc1ccccc1)c1cc(F)c(-c2ccccn2)cc1F. The Bertz CT molecular complexity index is 959. The van der Waals surface area contributed by atoms with Crippen LogP contribution in [-0.4, -0.2) is 13.4 Å². The molecule has 24 heavy (non-hydrogen) atoms. The maximum absolute atomic E-state index is 14.3. The van der Waals surface area contributed by atoms with E-state index >= 15 is 0 Å². The van der Waals surface area contributed by atoms with E-state index in [9.17, 15) is 17.2 Å². The summed E-state index contributed by atoms with van der Waals surface area (Å²) in [5.74, 6) is -2.22. The zero-order valence-electron chi connectivity index (χ0n) is 12.5. The van der Waals surface area contributed by atoms with Gasteiger partial charge in [-0.2, -0.15) is 0 Å². The molecular weight excluding hydrogens is 332 g/mol. The highest BCUT2D eigenvalue weighted by atomic mass is 32.2. The van der Waals surface area contributed by atoms with Crippen LogP contribution in [0.2, 0.25) is 0 Å². The third-order valence-electron chi connectivity index (χ3n) is 3.50. The van der Waals surface area contributed by atoms with Crippen molar-refractivity contribution >= 4 is 9.84 Å². The second-order valence-corrected chi connectivity index (χ2v) is 7.18. The lowest BCUT2D eigenvalue weighted by atomic mass is 10.1. The Morgan fingerprint density at radius 1 is 0.875 bits per heavy atom. The first-order valence-electron chi connectivity index (χ1n) is 7.14. The van der Waals surface area contributed by atoms with Crippen LogP contribution in [0.15, 0.2) is 71.8 Å². The Morgan fingerprint density at radius 2 is 1.58 bits per heavy atom. The van der Waals surface area contributed by atoms with Gasteiger partial charge in [0.15, 0.2) is 9.84 Å². The number of hydrogen-bond donors (Lipinski definition) is 0. The zero-order chi connectivity index (χ0) is 17.2. The van der Waals surface area contributed by atoms with Crippen molar-refractivity contribution in [2.45, 2.75) is 10.6 Å². The van der Waals surface area contributed by atoms with E-state index in [1.165, 1.54) is 12.3 Å². The van der Waals surface area contributed by atoms with E-state index in [1.807, 2.05) is 0 Å². The van der Waals surface area contributed by atoms with Crippen molar-refractivity contribution in [3.05, 3.63) is 84.1 Å². The van der Waals surface area contributed by atoms with Crippen LogP contribution in [0.25, 0.3) is 11.3 Å². The van der Waals surface area contributed by atoms with Crippen LogP contribution in [0.5, 0.6) is 0 Å². The van der Waals surface area contributed by atoms with E-state index in [0.717, 1.165) is 12.1 Å². The van der Waals surface area contributed by atoms with Gasteiger partial charge in [0.2, 0.25) is 0 Å². The van der Waals surface area contributed by atoms with E-state index in [2.05, 4.69) is 4.98 Å². The standard InChI is InChI=1S/C18H13F2NO2S/c19-15-11-18(24(22,23)12-13-6-2-1-3-7-13)16(20)10-14(15)17-8-4-5-9-21-17/h1-11H,12H2. The predicted octanol–water partition coefficient (Wildman–Crippen LogP) is 4.00. The third-order valence-corrected chi connectivity index (χ3v) is 5.19. The average molecular weight is 345 g/mol. The molecule has 0 saturated carbocycles. The van der Waals surface area contributed by atoms with Gasteiger partial charge in [-0.15, -0.1) is 0 Å². The van der Waals surface area contributed by atoms with Gasteiger partial charge in [-0.1, -0.05) is 36.4 Å². The van der Waals surface area contributed by atoms with Crippen molar-refractivity contribution in [1.29, 1.82) is 0 Å². The number of hydrogen-bond acceptors (Lipinski definition) is 3. The van der Waals surface area contributed by atoms with Gasteiger partial charge < -0.3 is 0 Å². The van der Waals surface area contributed by atoms with Gasteiger partial charge in [-0.3, -0.25) is 4.98 Å². The van der Waals surface area contributed by atoms with Crippen LogP contribution >= 0.6 is 0 Å². The van der Waals surface area contributed by atoms with Crippen LogP contribution < -0.4 is 0 Å². The van der Waals surface area contributed by atoms with Gasteiger partial charge in [0, 0.05) is 11.8 Å². The number of nitrogens with zero attached hydrogens (tertiary/aromatic N) is 1. The van der Waals surface area contributed by atoms with Crippen LogP contribution in [0.1, 0.15) is 5.56 Å². The molecular formula is C18H13F2NO2S. The fourth-order valence-electron chi connectivity index (χ4n) is 2.36. The monoisotopic (exact) mass is 345 g/mol. The van der Waals surface area contributed by atoms with Crippen molar-refractivity contribution in [2.75, 3.05) is 0 Å². The molecule has 0 aliphatic rings. The van der Waals surface area contributed by atoms with E-state index < -0.39 is 32.1 Å². The molecule has 0 atom stereocenters. The highest BCUT2D eigenvalue weighted by molar-refractivity contribution is 7.90. The minimum Gasteiger partial charge on any atom is -0.256 e. The van der Waals surface area contributed by atoms with Gasteiger partial charge in [0.1, 0.15) is 16.5 Å². The molecule has 0 amide bonds. The van der Waals surface area contributed by atoms with E-state index in [4.69, 9.17) is 0 Å². The summed E-state index contributed by atoms with van der Waals surface area (Å²) in [6.07, 6.45) is 1.45. The quantitative estimate of drug-likeness (QED) is 0.718. The minimum atomic E-state index is -4.00. The summed E-state index contributed by atoms with van der Waals surface area (Å²) in [6.45, 7) is 0. The molecule has 0 aliphatic carbocycles. The molecule has 6 heteroatoms. The van der Waals surface area contributed by atoms with Crippen molar-refractivity contribution < 1.29 is 17.2 Å². The van der Waals surface area contributed by atoms with Crippen LogP contribution in [0, 0.1) is 11.6 Å². The summed E-state index contributed by atoms with van der Waals surface area (Å²) in [5.41, 5.74) is 0.666. The lowest BCUT2D eigenvalue weighted by Crippen LogP contribution is -2.08. The highest BCUT2D eigenvalue weighted by Gasteiger charge is 2.23. The van der Waals surface area contributed by atoms with Gasteiger partial charge in [-0.05, 0) is 29.8 Å². The van der Waals surface area contributed by atoms with E-state index in [1.54, 1.807) is 42.5 Å². The maximum Gasteiger partial charge on any atom is 0.185 e. The fraction of sp³-hybridized carbons (Fsp3) is 0.0556. The van der Waals surface area contributed by atoms with Gasteiger partial charge in [0.05, 0.1) is 11.4 Å². The molecule has 0 bridgehead atoms. The first-order valence-corrected chi connectivity index (χ1v) is 8.80. The molecule has 3 aromatic rings. The number of aromatic nitrogens is 1. The Kier molecular flexibility index (Phi) is 4.40. The van der Waals surface area contributed by atoms with Crippen molar-refractivity contribution in [3.8, 4) is 11.3 Å². The van der Waals surface area contributed by atoms with Crippen LogP contribution in [-0.2, 0) is 15.6 Å². The first-order chi connectivity index (χ1) is 11.5. The Balaban J connectivity index is 2.02. The zero-order valence-corrected chi connectivity index (χ0v) is 13.3. The second kappa shape index (κ2) is 6.49. The number of benzene rings is 2. The van der Waals surface area contributed by atoms with Crippen molar-refractivity contribution in [3.63, 3.8) is 0 Å². The molecule has 0 aliphatic heterocycles. The van der Waals surface area contributed by atoms with Crippen molar-refractivity contribution in [1.82, 2.24) is 4.98 Å². The third kappa shape index (κ3) is 3.33. The average Bonchev–Trinajstić information content (AvgIpc) is 2.58. The topological polar surface area (TPSA) is 47.0 Å². The van der Waals surface area contributed by atoms with Gasteiger partial charge >= 0.3 is 0 Å². The number of pyridine rings is 1. The van der Waals surface area contributed by atoms with Gasteiger partial charge in [-0.25, -0.2) is 17.2 Å². The largest absolute Gasteiger partial charge is 0.256 e. The van der Waals surface area contributed by atoms with Gasteiger partial charge in [0.25, 0.3) is 0 Å². The molecule has 122 valence electrons. The Labute approximate surface area is 138 Å². The summed E-state index contributed by atoms with van der Waals surface area (Å²) < 4.78 is 53.5. The molecule has 3 rings (SSSR count). The molecule has 0 spiro atoms. The van der Waals surface area contributed by atoms with Crippen molar-refractivity contribution in [2.24, 2.45) is 0 Å². The van der Waals surface area contributed by atoms with E-state index in [0.29, 0.717) is 5.56 Å². The summed E-state index contributed by atoms with van der Waals surface area (Å²) in [5, 5.41) is 0. The Morgan fingerprint density at radius 3 is 2.25 bits per heavy atom. The first kappa shape index (κ1) is 16.3. The Hall–Kier alpha value is -2.60. The van der Waals surface area contributed by atoms with Crippen LogP contribution in [0.4, 0.5) is 8.78 Å². The molecule has 0 unspecified atom stereocenters.